The molecule has 1 fully saturated rings. The second kappa shape index (κ2) is 8.71. The van der Waals surface area contributed by atoms with Crippen molar-refractivity contribution < 1.29 is 0 Å². The van der Waals surface area contributed by atoms with Gasteiger partial charge in [-0.3, -0.25) is 0 Å². The van der Waals surface area contributed by atoms with Crippen LogP contribution < -0.4 is 4.90 Å². The summed E-state index contributed by atoms with van der Waals surface area (Å²) in [6, 6.07) is 17.0. The number of hydrogen-bond acceptors (Lipinski definition) is 1. The normalized spacial score (nSPS) is 25.8. The number of aryl methyl sites for hydroxylation is 1. The van der Waals surface area contributed by atoms with Crippen LogP contribution in [0.1, 0.15) is 61.1 Å². The van der Waals surface area contributed by atoms with Gasteiger partial charge in [0.05, 0.1) is 0 Å². The number of hydrogen-bond donors (Lipinski definition) is 0. The molecule has 1 nitrogen and oxygen atoms in total. The van der Waals surface area contributed by atoms with Crippen LogP contribution >= 0.6 is 0 Å². The molecule has 1 saturated carbocycles. The first-order valence-electron chi connectivity index (χ1n) is 12.7. The summed E-state index contributed by atoms with van der Waals surface area (Å²) in [7, 11) is 0. The fourth-order valence-electron chi connectivity index (χ4n) is 6.28. The molecule has 6 rings (SSSR count). The van der Waals surface area contributed by atoms with Crippen molar-refractivity contribution in [3.05, 3.63) is 113 Å². The van der Waals surface area contributed by atoms with E-state index in [0.717, 1.165) is 19.3 Å². The lowest BCUT2D eigenvalue weighted by Gasteiger charge is -2.27. The summed E-state index contributed by atoms with van der Waals surface area (Å²) in [5.41, 5.74) is 10.0. The monoisotopic (exact) mass is 431 g/mol. The third kappa shape index (κ3) is 3.84. The first-order chi connectivity index (χ1) is 16.3. The Bertz CT molecular complexity index is 1190. The minimum atomic E-state index is 0.476. The lowest BCUT2D eigenvalue weighted by molar-refractivity contribution is 0.642. The molecule has 2 aromatic carbocycles. The summed E-state index contributed by atoms with van der Waals surface area (Å²) in [6.07, 6.45) is 25.8. The van der Waals surface area contributed by atoms with Crippen LogP contribution in [0, 0.1) is 12.8 Å². The maximum Gasteiger partial charge on any atom is 0.0450 e. The lowest BCUT2D eigenvalue weighted by Crippen LogP contribution is -2.26. The van der Waals surface area contributed by atoms with Crippen LogP contribution in [0.2, 0.25) is 0 Å². The molecule has 3 atom stereocenters. The Labute approximate surface area is 198 Å². The van der Waals surface area contributed by atoms with Crippen molar-refractivity contribution in [2.75, 3.05) is 4.90 Å². The van der Waals surface area contributed by atoms with Gasteiger partial charge in [0.2, 0.25) is 0 Å². The number of allylic oxidation sites excluding steroid dienone is 9. The van der Waals surface area contributed by atoms with Crippen molar-refractivity contribution in [1.82, 2.24) is 0 Å². The number of benzene rings is 2. The molecule has 0 saturated heterocycles. The zero-order valence-corrected chi connectivity index (χ0v) is 19.6. The highest BCUT2D eigenvalue weighted by Crippen LogP contribution is 2.52. The van der Waals surface area contributed by atoms with Crippen molar-refractivity contribution in [2.24, 2.45) is 5.92 Å². The molecule has 3 aliphatic carbocycles. The molecule has 0 spiro atoms. The van der Waals surface area contributed by atoms with Gasteiger partial charge in [0, 0.05) is 29.3 Å². The van der Waals surface area contributed by atoms with Crippen LogP contribution in [-0.4, -0.2) is 6.04 Å². The maximum absolute atomic E-state index is 2.63. The Balaban J connectivity index is 1.40. The molecule has 1 heteroatoms. The first-order valence-corrected chi connectivity index (χ1v) is 12.7. The number of fused-ring (bicyclic) bond motifs is 3. The van der Waals surface area contributed by atoms with E-state index < -0.39 is 0 Å². The molecule has 0 amide bonds. The van der Waals surface area contributed by atoms with E-state index in [4.69, 9.17) is 0 Å². The van der Waals surface area contributed by atoms with Crippen LogP contribution in [0.4, 0.5) is 11.4 Å². The van der Waals surface area contributed by atoms with E-state index in [-0.39, 0.29) is 0 Å². The minimum absolute atomic E-state index is 0.476. The molecule has 33 heavy (non-hydrogen) atoms. The van der Waals surface area contributed by atoms with Gasteiger partial charge in [0.15, 0.2) is 0 Å². The van der Waals surface area contributed by atoms with E-state index in [1.165, 1.54) is 52.9 Å². The molecule has 1 aliphatic heterocycles. The van der Waals surface area contributed by atoms with Gasteiger partial charge in [-0.05, 0) is 85.6 Å². The van der Waals surface area contributed by atoms with E-state index in [1.807, 2.05) is 0 Å². The largest absolute Gasteiger partial charge is 0.338 e. The van der Waals surface area contributed by atoms with Crippen molar-refractivity contribution in [2.45, 2.75) is 57.4 Å². The van der Waals surface area contributed by atoms with Gasteiger partial charge in [-0.25, -0.2) is 0 Å². The Hall–Kier alpha value is -3.06. The first kappa shape index (κ1) is 20.5. The fourth-order valence-corrected chi connectivity index (χ4v) is 6.28. The molecule has 166 valence electrons. The summed E-state index contributed by atoms with van der Waals surface area (Å²) < 4.78 is 0. The standard InChI is InChI=1S/C32H33N/c1-23-15-18-27(19-16-23)33-31-14-8-13-28(31)30-22-24(17-20-32(30)33)21-29(25-9-4-2-5-10-25)26-11-6-3-7-12-26/h2-6,9,11,15-22,25,28,31H,7-8,10,12-14H2,1H3. The smallest absolute Gasteiger partial charge is 0.0450 e. The number of rotatable bonds is 4. The van der Waals surface area contributed by atoms with Crippen molar-refractivity contribution in [1.29, 1.82) is 0 Å². The molecule has 0 bridgehead atoms. The summed E-state index contributed by atoms with van der Waals surface area (Å²) in [5, 5.41) is 0. The summed E-state index contributed by atoms with van der Waals surface area (Å²) in [4.78, 5) is 2.63. The van der Waals surface area contributed by atoms with E-state index in [1.54, 1.807) is 5.56 Å². The van der Waals surface area contributed by atoms with Crippen LogP contribution in [0.15, 0.2) is 96.1 Å². The predicted molar refractivity (Wildman–Crippen MR) is 141 cm³/mol. The Morgan fingerprint density at radius 1 is 0.970 bits per heavy atom. The quantitative estimate of drug-likeness (QED) is 0.468. The number of anilines is 2. The topological polar surface area (TPSA) is 3.24 Å². The lowest BCUT2D eigenvalue weighted by atomic mass is 9.83. The van der Waals surface area contributed by atoms with Crippen molar-refractivity contribution in [3.63, 3.8) is 0 Å². The van der Waals surface area contributed by atoms with E-state index in [9.17, 15) is 0 Å². The van der Waals surface area contributed by atoms with Gasteiger partial charge >= 0.3 is 0 Å². The van der Waals surface area contributed by atoms with Gasteiger partial charge in [0.1, 0.15) is 0 Å². The average Bonchev–Trinajstić information content (AvgIpc) is 3.45. The van der Waals surface area contributed by atoms with Crippen LogP contribution in [-0.2, 0) is 0 Å². The van der Waals surface area contributed by atoms with Gasteiger partial charge in [-0.1, -0.05) is 78.8 Å². The van der Waals surface area contributed by atoms with Gasteiger partial charge in [-0.15, -0.1) is 0 Å². The molecule has 0 aromatic heterocycles. The van der Waals surface area contributed by atoms with E-state index in [0.29, 0.717) is 17.9 Å². The molecule has 1 heterocycles. The molecule has 3 unspecified atom stereocenters. The third-order valence-corrected chi connectivity index (χ3v) is 7.92. The summed E-state index contributed by atoms with van der Waals surface area (Å²) in [5.74, 6) is 1.14. The Morgan fingerprint density at radius 3 is 2.67 bits per heavy atom. The Kier molecular flexibility index (Phi) is 5.42. The zero-order valence-electron chi connectivity index (χ0n) is 19.6. The van der Waals surface area contributed by atoms with Gasteiger partial charge in [0.25, 0.3) is 0 Å². The predicted octanol–water partition coefficient (Wildman–Crippen LogP) is 8.57. The van der Waals surface area contributed by atoms with E-state index >= 15 is 0 Å². The van der Waals surface area contributed by atoms with Crippen LogP contribution in [0.25, 0.3) is 6.08 Å². The fraction of sp³-hybridized carbons (Fsp3) is 0.312. The van der Waals surface area contributed by atoms with Gasteiger partial charge < -0.3 is 4.90 Å². The van der Waals surface area contributed by atoms with Crippen LogP contribution in [0.3, 0.4) is 0 Å². The summed E-state index contributed by atoms with van der Waals surface area (Å²) in [6.45, 7) is 2.17. The second-order valence-corrected chi connectivity index (χ2v) is 10.0. The zero-order chi connectivity index (χ0) is 22.2. The third-order valence-electron chi connectivity index (χ3n) is 7.92. The average molecular weight is 432 g/mol. The van der Waals surface area contributed by atoms with Crippen molar-refractivity contribution >= 4 is 17.5 Å². The molecule has 4 aliphatic rings. The minimum Gasteiger partial charge on any atom is -0.338 e. The number of nitrogens with zero attached hydrogens (tertiary/aromatic N) is 1. The molecule has 0 radical (unpaired) electrons. The molecule has 2 aromatic rings. The van der Waals surface area contributed by atoms with E-state index in [2.05, 4.69) is 103 Å². The maximum atomic E-state index is 2.63. The highest BCUT2D eigenvalue weighted by molar-refractivity contribution is 5.76. The SMILES string of the molecule is Cc1ccc(N2c3ccc(C=C(C4=CC=CCC4)C4C=CC=CC4)cc3C3CCCC32)cc1. The molecular weight excluding hydrogens is 398 g/mol. The van der Waals surface area contributed by atoms with Crippen LogP contribution in [0.5, 0.6) is 0 Å². The molecule has 0 N–H and O–H groups in total. The second-order valence-electron chi connectivity index (χ2n) is 10.0. The van der Waals surface area contributed by atoms with Gasteiger partial charge in [-0.2, -0.15) is 0 Å². The summed E-state index contributed by atoms with van der Waals surface area (Å²) >= 11 is 0. The Morgan fingerprint density at radius 2 is 1.88 bits per heavy atom. The van der Waals surface area contributed by atoms with Crippen molar-refractivity contribution in [3.8, 4) is 0 Å². The highest BCUT2D eigenvalue weighted by Gasteiger charge is 2.42. The molecular formula is C32H33N. The highest BCUT2D eigenvalue weighted by atomic mass is 15.2.